The smallest absolute Gasteiger partial charge is 0.318 e. The Hall–Kier alpha value is -3.56. The van der Waals surface area contributed by atoms with Crippen molar-refractivity contribution in [3.05, 3.63) is 83.9 Å². The number of anilines is 1. The third-order valence-corrected chi connectivity index (χ3v) is 8.53. The van der Waals surface area contributed by atoms with Crippen LogP contribution in [0.5, 0.6) is 17.2 Å². The van der Waals surface area contributed by atoms with Crippen molar-refractivity contribution in [1.82, 2.24) is 4.72 Å². The fourth-order valence-corrected chi connectivity index (χ4v) is 6.48. The third kappa shape index (κ3) is 3.54. The van der Waals surface area contributed by atoms with E-state index in [-0.39, 0.29) is 5.92 Å². The minimum Gasteiger partial charge on any atom is -0.484 e. The minimum absolute atomic E-state index is 0.0606. The van der Waals surface area contributed by atoms with E-state index in [4.69, 9.17) is 9.47 Å². The molecule has 2 aliphatic heterocycles. The van der Waals surface area contributed by atoms with Crippen LogP contribution in [-0.2, 0) is 20.4 Å². The van der Waals surface area contributed by atoms with Crippen LogP contribution >= 0.6 is 0 Å². The number of hydrogen-bond donors (Lipinski definition) is 2. The number of hydrogen-bond acceptors (Lipinski definition) is 5. The SMILES string of the molecule is O=C(O)C1(C2CC2)c2ccc(N3CCNS3(=O)=O)cc2OC1c1ccc(Oc2ccccc2)cc1. The lowest BCUT2D eigenvalue weighted by molar-refractivity contribution is -0.148. The zero-order valence-electron chi connectivity index (χ0n) is 18.8. The van der Waals surface area contributed by atoms with Crippen molar-refractivity contribution in [3.63, 3.8) is 0 Å². The molecule has 0 bridgehead atoms. The van der Waals surface area contributed by atoms with Crippen LogP contribution in [0.1, 0.15) is 30.1 Å². The van der Waals surface area contributed by atoms with Gasteiger partial charge in [0.1, 0.15) is 28.8 Å². The molecule has 2 N–H and O–H groups in total. The first-order chi connectivity index (χ1) is 16.9. The Kier molecular flexibility index (Phi) is 5.01. The lowest BCUT2D eigenvalue weighted by Gasteiger charge is -2.30. The van der Waals surface area contributed by atoms with Gasteiger partial charge in [0.25, 0.3) is 0 Å². The van der Waals surface area contributed by atoms with Gasteiger partial charge in [0.2, 0.25) is 0 Å². The molecule has 0 radical (unpaired) electrons. The zero-order chi connectivity index (χ0) is 24.2. The first-order valence-corrected chi connectivity index (χ1v) is 13.0. The van der Waals surface area contributed by atoms with Gasteiger partial charge in [-0.3, -0.25) is 9.10 Å². The van der Waals surface area contributed by atoms with Crippen molar-refractivity contribution in [2.24, 2.45) is 5.92 Å². The fourth-order valence-electron chi connectivity index (χ4n) is 5.25. The Morgan fingerprint density at radius 3 is 2.37 bits per heavy atom. The molecule has 2 atom stereocenters. The van der Waals surface area contributed by atoms with Gasteiger partial charge >= 0.3 is 16.2 Å². The standard InChI is InChI=1S/C26H24N2O6S/c29-25(30)26(18-8-9-18)22-13-10-19(28-15-14-27-35(28,31)32)16-23(22)34-24(26)17-6-11-21(12-7-17)33-20-4-2-1-3-5-20/h1-7,10-13,16,18,24,27H,8-9,14-15H2,(H,29,30). The fraction of sp³-hybridized carbons (Fsp3) is 0.269. The molecule has 1 aliphatic carbocycles. The van der Waals surface area contributed by atoms with Crippen LogP contribution in [0.3, 0.4) is 0 Å². The summed E-state index contributed by atoms with van der Waals surface area (Å²) in [6.45, 7) is 0.627. The van der Waals surface area contributed by atoms with E-state index < -0.39 is 27.7 Å². The van der Waals surface area contributed by atoms with Gasteiger partial charge in [-0.25, -0.2) is 0 Å². The van der Waals surface area contributed by atoms with Crippen LogP contribution < -0.4 is 18.5 Å². The summed E-state index contributed by atoms with van der Waals surface area (Å²) >= 11 is 0. The van der Waals surface area contributed by atoms with Crippen LogP contribution in [0.4, 0.5) is 5.69 Å². The van der Waals surface area contributed by atoms with E-state index in [1.807, 2.05) is 54.6 Å². The summed E-state index contributed by atoms with van der Waals surface area (Å²) in [5.74, 6) is 0.762. The van der Waals surface area contributed by atoms with Crippen LogP contribution in [0.2, 0.25) is 0 Å². The van der Waals surface area contributed by atoms with E-state index in [2.05, 4.69) is 4.72 Å². The molecule has 3 aliphatic rings. The number of para-hydroxylation sites is 1. The summed E-state index contributed by atoms with van der Waals surface area (Å²) < 4.78 is 40.6. The van der Waals surface area contributed by atoms with Crippen LogP contribution in [0.15, 0.2) is 72.8 Å². The van der Waals surface area contributed by atoms with Gasteiger partial charge < -0.3 is 14.6 Å². The molecule has 3 aromatic carbocycles. The number of aliphatic carboxylic acids is 1. The van der Waals surface area contributed by atoms with E-state index >= 15 is 0 Å². The highest BCUT2D eigenvalue weighted by Crippen LogP contribution is 2.61. The third-order valence-electron chi connectivity index (χ3n) is 6.98. The van der Waals surface area contributed by atoms with Gasteiger partial charge in [0.15, 0.2) is 0 Å². The van der Waals surface area contributed by atoms with Crippen LogP contribution in [0, 0.1) is 5.92 Å². The summed E-state index contributed by atoms with van der Waals surface area (Å²) in [4.78, 5) is 12.9. The van der Waals surface area contributed by atoms with Gasteiger partial charge in [0.05, 0.1) is 5.69 Å². The van der Waals surface area contributed by atoms with E-state index in [1.165, 1.54) is 4.31 Å². The maximum atomic E-state index is 12.9. The molecule has 9 heteroatoms. The van der Waals surface area contributed by atoms with Crippen molar-refractivity contribution in [3.8, 4) is 17.2 Å². The molecule has 1 saturated carbocycles. The summed E-state index contributed by atoms with van der Waals surface area (Å²) in [6.07, 6.45) is 0.858. The second-order valence-electron chi connectivity index (χ2n) is 9.08. The molecule has 6 rings (SSSR count). The van der Waals surface area contributed by atoms with Crippen LogP contribution in [-0.4, -0.2) is 32.6 Å². The number of carboxylic acid groups (broad SMARTS) is 1. The number of ether oxygens (including phenoxy) is 2. The van der Waals surface area contributed by atoms with Crippen molar-refractivity contribution in [2.45, 2.75) is 24.4 Å². The second-order valence-corrected chi connectivity index (χ2v) is 10.8. The maximum Gasteiger partial charge on any atom is 0.318 e. The quantitative estimate of drug-likeness (QED) is 0.539. The number of fused-ring (bicyclic) bond motifs is 1. The average Bonchev–Trinajstić information content (AvgIpc) is 3.55. The number of carbonyl (C=O) groups is 1. The van der Waals surface area contributed by atoms with Gasteiger partial charge in [-0.2, -0.15) is 13.1 Å². The summed E-state index contributed by atoms with van der Waals surface area (Å²) in [5.41, 5.74) is 0.539. The number of rotatable bonds is 6. The summed E-state index contributed by atoms with van der Waals surface area (Å²) in [6, 6.07) is 21.7. The normalized spacial score (nSPS) is 24.6. The molecule has 2 heterocycles. The molecule has 0 aromatic heterocycles. The average molecular weight is 493 g/mol. The van der Waals surface area contributed by atoms with Crippen molar-refractivity contribution < 1.29 is 27.8 Å². The highest BCUT2D eigenvalue weighted by molar-refractivity contribution is 7.91. The van der Waals surface area contributed by atoms with E-state index in [9.17, 15) is 18.3 Å². The second kappa shape index (κ2) is 8.00. The maximum absolute atomic E-state index is 12.9. The lowest BCUT2D eigenvalue weighted by atomic mass is 9.71. The molecule has 0 spiro atoms. The first kappa shape index (κ1) is 21.9. The Morgan fingerprint density at radius 2 is 1.74 bits per heavy atom. The number of carboxylic acids is 1. The lowest BCUT2D eigenvalue weighted by Crippen LogP contribution is -2.42. The minimum atomic E-state index is -3.61. The predicted molar refractivity (Wildman–Crippen MR) is 129 cm³/mol. The van der Waals surface area contributed by atoms with Crippen LogP contribution in [0.25, 0.3) is 0 Å². The molecule has 3 aromatic rings. The molecular weight excluding hydrogens is 468 g/mol. The van der Waals surface area contributed by atoms with E-state index in [0.717, 1.165) is 18.4 Å². The number of nitrogens with one attached hydrogen (secondary N) is 1. The molecule has 180 valence electrons. The van der Waals surface area contributed by atoms with E-state index in [1.54, 1.807) is 18.2 Å². The Morgan fingerprint density at radius 1 is 1.03 bits per heavy atom. The highest BCUT2D eigenvalue weighted by Gasteiger charge is 2.63. The van der Waals surface area contributed by atoms with Gasteiger partial charge in [-0.1, -0.05) is 36.4 Å². The Balaban J connectivity index is 1.37. The topological polar surface area (TPSA) is 105 Å². The van der Waals surface area contributed by atoms with Gasteiger partial charge in [-0.05, 0) is 54.7 Å². The molecule has 2 fully saturated rings. The Labute approximate surface area is 203 Å². The first-order valence-electron chi connectivity index (χ1n) is 11.5. The predicted octanol–water partition coefficient (Wildman–Crippen LogP) is 4.00. The highest BCUT2D eigenvalue weighted by atomic mass is 32.2. The summed E-state index contributed by atoms with van der Waals surface area (Å²) in [7, 11) is -3.61. The van der Waals surface area contributed by atoms with Gasteiger partial charge in [-0.15, -0.1) is 0 Å². The van der Waals surface area contributed by atoms with Gasteiger partial charge in [0, 0.05) is 24.7 Å². The van der Waals surface area contributed by atoms with Crippen molar-refractivity contribution >= 4 is 21.9 Å². The molecule has 8 nitrogen and oxygen atoms in total. The monoisotopic (exact) mass is 492 g/mol. The molecular formula is C26H24N2O6S. The molecule has 0 amide bonds. The molecule has 1 saturated heterocycles. The Bertz CT molecular complexity index is 1390. The largest absolute Gasteiger partial charge is 0.484 e. The number of nitrogens with zero attached hydrogens (tertiary/aromatic N) is 1. The molecule has 35 heavy (non-hydrogen) atoms. The zero-order valence-corrected chi connectivity index (χ0v) is 19.6. The van der Waals surface area contributed by atoms with Crippen molar-refractivity contribution in [2.75, 3.05) is 17.4 Å². The number of benzene rings is 3. The molecule has 2 unspecified atom stereocenters. The summed E-state index contributed by atoms with van der Waals surface area (Å²) in [5, 5.41) is 10.5. The van der Waals surface area contributed by atoms with Crippen molar-refractivity contribution in [1.29, 1.82) is 0 Å². The van der Waals surface area contributed by atoms with E-state index in [0.29, 0.717) is 41.6 Å².